The maximum absolute atomic E-state index is 14.3. The molecule has 4 amide bonds. The fourth-order valence-corrected chi connectivity index (χ4v) is 7.43. The van der Waals surface area contributed by atoms with E-state index in [1.54, 1.807) is 33.0 Å². The minimum atomic E-state index is -3.87. The highest BCUT2D eigenvalue weighted by Gasteiger charge is 2.62. The van der Waals surface area contributed by atoms with Gasteiger partial charge in [-0.2, -0.15) is 0 Å². The molecule has 2 aliphatic carbocycles. The molecule has 3 heterocycles. The van der Waals surface area contributed by atoms with E-state index in [4.69, 9.17) is 9.47 Å². The van der Waals surface area contributed by atoms with Crippen molar-refractivity contribution in [2.24, 2.45) is 11.3 Å². The molecule has 2 bridgehead atoms. The first kappa shape index (κ1) is 34.4. The zero-order valence-corrected chi connectivity index (χ0v) is 28.0. The Hall–Kier alpha value is -3.94. The van der Waals surface area contributed by atoms with E-state index >= 15 is 0 Å². The Morgan fingerprint density at radius 3 is 2.64 bits per heavy atom. The number of amides is 4. The van der Waals surface area contributed by atoms with Gasteiger partial charge in [0.15, 0.2) is 0 Å². The first-order valence-electron chi connectivity index (χ1n) is 16.3. The van der Waals surface area contributed by atoms with Crippen molar-refractivity contribution in [3.05, 3.63) is 42.6 Å². The van der Waals surface area contributed by atoms with Gasteiger partial charge in [0.2, 0.25) is 27.7 Å². The van der Waals surface area contributed by atoms with Crippen LogP contribution in [0.25, 0.3) is 6.08 Å². The lowest BCUT2D eigenvalue weighted by atomic mass is 9.85. The zero-order valence-electron chi connectivity index (χ0n) is 27.2. The van der Waals surface area contributed by atoms with Gasteiger partial charge in [-0.25, -0.2) is 18.2 Å². The molecule has 14 heteroatoms. The number of pyridine rings is 1. The predicted octanol–water partition coefficient (Wildman–Crippen LogP) is 2.83. The number of rotatable bonds is 6. The topological polar surface area (TPSA) is 173 Å². The van der Waals surface area contributed by atoms with Crippen molar-refractivity contribution in [1.82, 2.24) is 25.2 Å². The summed E-state index contributed by atoms with van der Waals surface area (Å²) < 4.78 is 39.1. The Morgan fingerprint density at radius 2 is 1.96 bits per heavy atom. The molecule has 13 nitrogen and oxygen atoms in total. The molecule has 256 valence electrons. The van der Waals surface area contributed by atoms with E-state index in [1.165, 1.54) is 11.0 Å². The zero-order chi connectivity index (χ0) is 34.0. The van der Waals surface area contributed by atoms with Gasteiger partial charge in [-0.05, 0) is 62.5 Å². The Kier molecular flexibility index (Phi) is 9.99. The molecule has 0 aromatic carbocycles. The van der Waals surface area contributed by atoms with Crippen LogP contribution in [0.2, 0.25) is 0 Å². The number of nitrogens with one attached hydrogen (secondary N) is 3. The number of carbonyl (C=O) groups is 4. The van der Waals surface area contributed by atoms with E-state index in [0.29, 0.717) is 25.1 Å². The Labute approximate surface area is 276 Å². The molecule has 3 N–H and O–H groups in total. The summed E-state index contributed by atoms with van der Waals surface area (Å²) >= 11 is 0. The smallest absolute Gasteiger partial charge is 0.407 e. The van der Waals surface area contributed by atoms with E-state index in [9.17, 15) is 27.6 Å². The number of sulfonamides is 1. The van der Waals surface area contributed by atoms with Crippen LogP contribution in [0, 0.1) is 11.3 Å². The van der Waals surface area contributed by atoms with Crippen molar-refractivity contribution < 1.29 is 37.1 Å². The van der Waals surface area contributed by atoms with Crippen molar-refractivity contribution in [3.8, 4) is 5.88 Å². The van der Waals surface area contributed by atoms with Gasteiger partial charge in [-0.15, -0.1) is 6.58 Å². The minimum Gasteiger partial charge on any atom is -0.472 e. The van der Waals surface area contributed by atoms with Crippen molar-refractivity contribution in [3.63, 3.8) is 0 Å². The molecule has 47 heavy (non-hydrogen) atoms. The summed E-state index contributed by atoms with van der Waals surface area (Å²) in [7, 11) is -3.87. The third-order valence-corrected chi connectivity index (χ3v) is 10.9. The number of nitrogens with zero attached hydrogens (tertiary/aromatic N) is 2. The number of aromatic nitrogens is 1. The van der Waals surface area contributed by atoms with E-state index in [1.807, 2.05) is 18.2 Å². The molecule has 4 aliphatic rings. The first-order chi connectivity index (χ1) is 22.2. The number of alkyl carbamates (subject to hydrolysis) is 1. The molecular formula is C33H45N5O8S. The monoisotopic (exact) mass is 671 g/mol. The number of fused-ring (bicyclic) bond motifs is 3. The fourth-order valence-electron chi connectivity index (χ4n) is 6.07. The summed E-state index contributed by atoms with van der Waals surface area (Å²) in [4.78, 5) is 60.3. The molecule has 1 unspecified atom stereocenters. The van der Waals surface area contributed by atoms with Gasteiger partial charge in [-0.1, -0.05) is 39.0 Å². The molecule has 1 aromatic rings. The lowest BCUT2D eigenvalue weighted by Crippen LogP contribution is -2.60. The molecule has 0 radical (unpaired) electrons. The summed E-state index contributed by atoms with van der Waals surface area (Å²) in [5.74, 6) is -2.13. The van der Waals surface area contributed by atoms with E-state index in [2.05, 4.69) is 26.9 Å². The van der Waals surface area contributed by atoms with Gasteiger partial charge in [0.1, 0.15) is 23.7 Å². The summed E-state index contributed by atoms with van der Waals surface area (Å²) in [5, 5.41) is 4.87. The Bertz CT molecular complexity index is 1540. The second-order valence-electron chi connectivity index (χ2n) is 13.9. The van der Waals surface area contributed by atoms with Gasteiger partial charge < -0.3 is 25.0 Å². The average Bonchev–Trinajstić information content (AvgIpc) is 3.93. The fraction of sp³-hybridized carbons (Fsp3) is 0.606. The largest absolute Gasteiger partial charge is 0.472 e. The van der Waals surface area contributed by atoms with Gasteiger partial charge in [0, 0.05) is 24.1 Å². The highest BCUT2D eigenvalue weighted by Crippen LogP contribution is 2.45. The van der Waals surface area contributed by atoms with Crippen molar-refractivity contribution in [2.45, 2.75) is 101 Å². The maximum atomic E-state index is 14.3. The van der Waals surface area contributed by atoms with Crippen molar-refractivity contribution in [1.29, 1.82) is 0 Å². The lowest BCUT2D eigenvalue weighted by molar-refractivity contribution is -0.142. The second-order valence-corrected chi connectivity index (χ2v) is 15.9. The lowest BCUT2D eigenvalue weighted by Gasteiger charge is -2.35. The first-order valence-corrected chi connectivity index (χ1v) is 17.8. The number of allylic oxidation sites excluding steroid dienone is 1. The molecule has 5 rings (SSSR count). The van der Waals surface area contributed by atoms with Crippen LogP contribution in [-0.4, -0.2) is 84.2 Å². The predicted molar refractivity (Wildman–Crippen MR) is 173 cm³/mol. The average molecular weight is 672 g/mol. The molecule has 3 fully saturated rings. The molecule has 2 aliphatic heterocycles. The van der Waals surface area contributed by atoms with Crippen LogP contribution in [0.15, 0.2) is 37.1 Å². The highest BCUT2D eigenvalue weighted by atomic mass is 32.2. The van der Waals surface area contributed by atoms with Crippen LogP contribution < -0.4 is 20.1 Å². The van der Waals surface area contributed by atoms with E-state index in [0.717, 1.165) is 24.8 Å². The van der Waals surface area contributed by atoms with Crippen molar-refractivity contribution >= 4 is 39.9 Å². The molecule has 1 saturated heterocycles. The standard InChI is InChI=1S/C33H45N5O8S/c1-5-22-19-33(22,30(41)37-47(43,44)24-14-15-24)36-27(39)25-18-23-20-38(25)29(40)26(32(2,3)4)35-31(42)45-17-10-8-6-7-9-12-21-13-11-16-34-28(21)46-23/h5,9,11-13,16,22-26H,1,6-8,10,14-15,17-20H2,2-4H3,(H,35,42)(H,36,39)(H,37,41)/b12-9+/t22?,23-,25+,26-,33-/m1/s1. The summed E-state index contributed by atoms with van der Waals surface area (Å²) in [6.45, 7) is 9.34. The second kappa shape index (κ2) is 13.7. The number of hydrogen-bond donors (Lipinski definition) is 3. The molecule has 5 atom stereocenters. The minimum absolute atomic E-state index is 0.0000980. The van der Waals surface area contributed by atoms with Gasteiger partial charge in [0.05, 0.1) is 18.4 Å². The summed E-state index contributed by atoms with van der Waals surface area (Å²) in [5.41, 5.74) is -1.54. The third kappa shape index (κ3) is 7.96. The summed E-state index contributed by atoms with van der Waals surface area (Å²) in [6, 6.07) is 1.51. The van der Waals surface area contributed by atoms with Crippen LogP contribution in [0.3, 0.4) is 0 Å². The van der Waals surface area contributed by atoms with Crippen LogP contribution >= 0.6 is 0 Å². The molecular weight excluding hydrogens is 626 g/mol. The van der Waals surface area contributed by atoms with E-state index in [-0.39, 0.29) is 26.0 Å². The van der Waals surface area contributed by atoms with Crippen LogP contribution in [0.1, 0.15) is 77.7 Å². The van der Waals surface area contributed by atoms with Crippen molar-refractivity contribution in [2.75, 3.05) is 13.2 Å². The molecule has 0 spiro atoms. The highest BCUT2D eigenvalue weighted by molar-refractivity contribution is 7.91. The van der Waals surface area contributed by atoms with Crippen LogP contribution in [-0.2, 0) is 29.1 Å². The SMILES string of the molecule is C=CC1C[C@]1(NC(=O)[C@@H]1C[C@@H]2CN1C(=O)[C@H](C(C)(C)C)NC(=O)OCCCCC/C=C/c1cccnc1O2)C(=O)NS(=O)(=O)C1CC1. The maximum Gasteiger partial charge on any atom is 0.407 e. The van der Waals surface area contributed by atoms with Crippen LogP contribution in [0.5, 0.6) is 5.88 Å². The number of carbonyl (C=O) groups excluding carboxylic acids is 4. The van der Waals surface area contributed by atoms with Gasteiger partial charge in [0.25, 0.3) is 5.91 Å². The third-order valence-electron chi connectivity index (χ3n) is 9.10. The van der Waals surface area contributed by atoms with Crippen LogP contribution in [0.4, 0.5) is 4.79 Å². The van der Waals surface area contributed by atoms with Gasteiger partial charge in [-0.3, -0.25) is 19.1 Å². The Balaban J connectivity index is 1.44. The molecule has 1 aromatic heterocycles. The molecule has 2 saturated carbocycles. The quantitative estimate of drug-likeness (QED) is 0.385. The van der Waals surface area contributed by atoms with E-state index < -0.39 is 74.1 Å². The summed E-state index contributed by atoms with van der Waals surface area (Å²) in [6.07, 6.45) is 10.1. The normalized spacial score (nSPS) is 29.5. The van der Waals surface area contributed by atoms with Gasteiger partial charge >= 0.3 is 6.09 Å². The number of hydrogen-bond acceptors (Lipinski definition) is 9. The number of cyclic esters (lactones) is 1. The Morgan fingerprint density at radius 1 is 1.19 bits per heavy atom. The number of ether oxygens (including phenoxy) is 2.